The summed E-state index contributed by atoms with van der Waals surface area (Å²) in [4.78, 5) is 20.8. The number of aromatic amines is 1. The number of hydrogen-bond acceptors (Lipinski definition) is 6. The molecule has 24 heavy (non-hydrogen) atoms. The van der Waals surface area contributed by atoms with Crippen molar-refractivity contribution >= 4 is 33.3 Å². The number of aryl methyl sites for hydroxylation is 1. The first-order valence-corrected chi connectivity index (χ1v) is 9.11. The Morgan fingerprint density at radius 2 is 2.12 bits per heavy atom. The van der Waals surface area contributed by atoms with Crippen LogP contribution in [-0.2, 0) is 12.8 Å². The minimum absolute atomic E-state index is 0.103. The predicted octanol–water partition coefficient (Wildman–Crippen LogP) is 3.07. The summed E-state index contributed by atoms with van der Waals surface area (Å²) < 4.78 is 1.83. The minimum Gasteiger partial charge on any atom is -0.312 e. The van der Waals surface area contributed by atoms with Crippen molar-refractivity contribution in [1.29, 1.82) is 0 Å². The first-order chi connectivity index (χ1) is 11.7. The van der Waals surface area contributed by atoms with Crippen LogP contribution in [0.2, 0.25) is 0 Å². The third-order valence-corrected chi connectivity index (χ3v) is 5.50. The predicted molar refractivity (Wildman–Crippen MR) is 96.2 cm³/mol. The molecule has 6 nitrogen and oxygen atoms in total. The Balaban J connectivity index is 1.69. The highest BCUT2D eigenvalue weighted by Crippen LogP contribution is 2.30. The molecule has 0 aliphatic carbocycles. The summed E-state index contributed by atoms with van der Waals surface area (Å²) in [7, 11) is 1.88. The maximum Gasteiger partial charge on any atom is 0.260 e. The molecule has 1 N–H and O–H groups in total. The zero-order chi connectivity index (χ0) is 16.5. The van der Waals surface area contributed by atoms with Gasteiger partial charge in [0.05, 0.1) is 11.1 Å². The van der Waals surface area contributed by atoms with E-state index in [0.717, 1.165) is 21.1 Å². The summed E-state index contributed by atoms with van der Waals surface area (Å²) in [6.45, 7) is 0. The van der Waals surface area contributed by atoms with Crippen molar-refractivity contribution in [3.63, 3.8) is 0 Å². The van der Waals surface area contributed by atoms with E-state index >= 15 is 0 Å². The van der Waals surface area contributed by atoms with Crippen LogP contribution in [0.15, 0.2) is 52.0 Å². The molecular formula is C16H13N5OS2. The van der Waals surface area contributed by atoms with Gasteiger partial charge in [0.25, 0.3) is 5.56 Å². The zero-order valence-corrected chi connectivity index (χ0v) is 14.4. The zero-order valence-electron chi connectivity index (χ0n) is 12.8. The molecule has 8 heteroatoms. The number of rotatable bonds is 4. The normalized spacial score (nSPS) is 11.2. The maximum absolute atomic E-state index is 12.6. The second-order valence-electron chi connectivity index (χ2n) is 5.22. The summed E-state index contributed by atoms with van der Waals surface area (Å²) in [6, 6.07) is 9.89. The first-order valence-electron chi connectivity index (χ1n) is 7.25. The Labute approximate surface area is 145 Å². The second kappa shape index (κ2) is 6.21. The molecule has 0 radical (unpaired) electrons. The molecule has 0 aliphatic rings. The third kappa shape index (κ3) is 2.74. The summed E-state index contributed by atoms with van der Waals surface area (Å²) in [5, 5.41) is 11.3. The van der Waals surface area contributed by atoms with E-state index in [4.69, 9.17) is 0 Å². The molecule has 0 saturated heterocycles. The molecule has 0 unspecified atom stereocenters. The van der Waals surface area contributed by atoms with Crippen LogP contribution in [0.4, 0.5) is 0 Å². The number of H-pyrrole nitrogens is 1. The van der Waals surface area contributed by atoms with Crippen molar-refractivity contribution in [2.75, 3.05) is 0 Å². The van der Waals surface area contributed by atoms with E-state index in [-0.39, 0.29) is 5.56 Å². The second-order valence-corrected chi connectivity index (χ2v) is 7.02. The van der Waals surface area contributed by atoms with Gasteiger partial charge in [-0.2, -0.15) is 0 Å². The molecular weight excluding hydrogens is 342 g/mol. The molecule has 1 aromatic carbocycles. The highest BCUT2D eigenvalue weighted by Gasteiger charge is 2.13. The largest absolute Gasteiger partial charge is 0.312 e. The topological polar surface area (TPSA) is 76.5 Å². The van der Waals surface area contributed by atoms with E-state index in [1.807, 2.05) is 47.3 Å². The Morgan fingerprint density at radius 1 is 1.29 bits per heavy atom. The van der Waals surface area contributed by atoms with Crippen LogP contribution in [0.25, 0.3) is 21.3 Å². The smallest absolute Gasteiger partial charge is 0.260 e. The molecule has 3 aromatic heterocycles. The lowest BCUT2D eigenvalue weighted by Crippen LogP contribution is -2.10. The van der Waals surface area contributed by atoms with Gasteiger partial charge in [-0.25, -0.2) is 4.98 Å². The molecule has 4 rings (SSSR count). The third-order valence-electron chi connectivity index (χ3n) is 3.59. The average Bonchev–Trinajstić information content (AvgIpc) is 3.20. The van der Waals surface area contributed by atoms with Gasteiger partial charge >= 0.3 is 0 Å². The van der Waals surface area contributed by atoms with Crippen LogP contribution < -0.4 is 5.56 Å². The fourth-order valence-electron chi connectivity index (χ4n) is 2.43. The van der Waals surface area contributed by atoms with Gasteiger partial charge in [0.15, 0.2) is 5.16 Å². The molecule has 3 heterocycles. The monoisotopic (exact) mass is 355 g/mol. The molecule has 0 bridgehead atoms. The van der Waals surface area contributed by atoms with Gasteiger partial charge in [-0.15, -0.1) is 21.5 Å². The van der Waals surface area contributed by atoms with E-state index in [1.165, 1.54) is 23.1 Å². The average molecular weight is 355 g/mol. The quantitative estimate of drug-likeness (QED) is 0.569. The van der Waals surface area contributed by atoms with Gasteiger partial charge in [-0.3, -0.25) is 4.79 Å². The summed E-state index contributed by atoms with van der Waals surface area (Å²) in [6.07, 6.45) is 1.65. The fourth-order valence-corrected chi connectivity index (χ4v) is 4.15. The lowest BCUT2D eigenvalue weighted by atomic mass is 10.1. The van der Waals surface area contributed by atoms with Crippen molar-refractivity contribution < 1.29 is 0 Å². The van der Waals surface area contributed by atoms with Gasteiger partial charge < -0.3 is 9.55 Å². The Hall–Kier alpha value is -2.45. The Kier molecular flexibility index (Phi) is 3.91. The number of aromatic nitrogens is 5. The molecule has 0 saturated carbocycles. The van der Waals surface area contributed by atoms with Gasteiger partial charge in [0.2, 0.25) is 0 Å². The Morgan fingerprint density at radius 3 is 2.88 bits per heavy atom. The highest BCUT2D eigenvalue weighted by molar-refractivity contribution is 7.98. The number of nitrogens with one attached hydrogen (secondary N) is 1. The van der Waals surface area contributed by atoms with Crippen molar-refractivity contribution in [3.05, 3.63) is 58.2 Å². The summed E-state index contributed by atoms with van der Waals surface area (Å²) in [5.74, 6) is 1.18. The van der Waals surface area contributed by atoms with Crippen LogP contribution >= 0.6 is 23.1 Å². The Bertz CT molecular complexity index is 1050. The number of thiophene rings is 1. The van der Waals surface area contributed by atoms with Gasteiger partial charge in [0, 0.05) is 18.0 Å². The van der Waals surface area contributed by atoms with Crippen molar-refractivity contribution in [3.8, 4) is 11.1 Å². The lowest BCUT2D eigenvalue weighted by Gasteiger charge is -2.02. The SMILES string of the molecule is Cn1cnnc1SCc1nc2scc(-c3ccccc3)c2c(=O)[nH]1. The van der Waals surface area contributed by atoms with Gasteiger partial charge in [0.1, 0.15) is 17.0 Å². The number of hydrogen-bond donors (Lipinski definition) is 1. The standard InChI is InChI=1S/C16H13N5OS2/c1-21-9-17-20-16(21)24-8-12-18-14(22)13-11(7-23-15(13)19-12)10-5-3-2-4-6-10/h2-7,9H,8H2,1H3,(H,18,19,22). The number of fused-ring (bicyclic) bond motifs is 1. The highest BCUT2D eigenvalue weighted by atomic mass is 32.2. The molecule has 4 aromatic rings. The summed E-state index contributed by atoms with van der Waals surface area (Å²) >= 11 is 2.98. The van der Waals surface area contributed by atoms with Gasteiger partial charge in [-0.1, -0.05) is 42.1 Å². The van der Waals surface area contributed by atoms with Crippen molar-refractivity contribution in [2.45, 2.75) is 10.9 Å². The van der Waals surface area contributed by atoms with Crippen molar-refractivity contribution in [2.24, 2.45) is 7.05 Å². The van der Waals surface area contributed by atoms with E-state index in [2.05, 4.69) is 20.2 Å². The van der Waals surface area contributed by atoms with Crippen molar-refractivity contribution in [1.82, 2.24) is 24.7 Å². The van der Waals surface area contributed by atoms with Crippen LogP contribution in [-0.4, -0.2) is 24.7 Å². The summed E-state index contributed by atoms with van der Waals surface area (Å²) in [5.41, 5.74) is 1.85. The molecule has 120 valence electrons. The van der Waals surface area contributed by atoms with E-state index in [9.17, 15) is 4.79 Å². The minimum atomic E-state index is -0.103. The fraction of sp³-hybridized carbons (Fsp3) is 0.125. The van der Waals surface area contributed by atoms with E-state index < -0.39 is 0 Å². The van der Waals surface area contributed by atoms with E-state index in [1.54, 1.807) is 6.33 Å². The van der Waals surface area contributed by atoms with Crippen LogP contribution in [0.1, 0.15) is 5.82 Å². The number of nitrogens with zero attached hydrogens (tertiary/aromatic N) is 4. The van der Waals surface area contributed by atoms with Crippen LogP contribution in [0.3, 0.4) is 0 Å². The van der Waals surface area contributed by atoms with E-state index in [0.29, 0.717) is 17.0 Å². The lowest BCUT2D eigenvalue weighted by molar-refractivity contribution is 0.787. The molecule has 0 atom stereocenters. The van der Waals surface area contributed by atoms with Crippen LogP contribution in [0, 0.1) is 0 Å². The maximum atomic E-state index is 12.6. The first kappa shape index (κ1) is 15.1. The number of thioether (sulfide) groups is 1. The molecule has 0 aliphatic heterocycles. The number of benzene rings is 1. The van der Waals surface area contributed by atoms with Crippen LogP contribution in [0.5, 0.6) is 0 Å². The van der Waals surface area contributed by atoms with Gasteiger partial charge in [-0.05, 0) is 5.56 Å². The molecule has 0 spiro atoms. The molecule has 0 fully saturated rings. The molecule has 0 amide bonds.